The number of hydrogen-bond donors (Lipinski definition) is 0. The van der Waals surface area contributed by atoms with Crippen molar-refractivity contribution in [2.24, 2.45) is 0 Å². The van der Waals surface area contributed by atoms with Crippen LogP contribution in [0.25, 0.3) is 0 Å². The molecule has 0 saturated carbocycles. The van der Waals surface area contributed by atoms with Gasteiger partial charge in [0.05, 0.1) is 27.4 Å². The molecule has 0 aromatic carbocycles. The standard InChI is InChI=1S/C11H18N2O6/c1-17-9(14)7-13(8-10(15)18-2)11(16)12-3-5-19-6-4-12/h3-8H2,1-2H3. The summed E-state index contributed by atoms with van der Waals surface area (Å²) in [6.45, 7) is 1.16. The molecule has 8 nitrogen and oxygen atoms in total. The molecule has 0 N–H and O–H groups in total. The van der Waals surface area contributed by atoms with Gasteiger partial charge in [-0.3, -0.25) is 9.59 Å². The average Bonchev–Trinajstić information content (AvgIpc) is 2.46. The highest BCUT2D eigenvalue weighted by Crippen LogP contribution is 2.04. The first-order chi connectivity index (χ1) is 9.08. The van der Waals surface area contributed by atoms with Crippen LogP contribution in [0.4, 0.5) is 4.79 Å². The van der Waals surface area contributed by atoms with Crippen molar-refractivity contribution in [1.29, 1.82) is 0 Å². The Balaban J connectivity index is 2.66. The minimum atomic E-state index is -0.592. The van der Waals surface area contributed by atoms with Crippen molar-refractivity contribution in [2.45, 2.75) is 0 Å². The SMILES string of the molecule is COC(=O)CN(CC(=O)OC)C(=O)N1CCOCC1. The molecular formula is C11H18N2O6. The molecule has 2 amide bonds. The number of methoxy groups -OCH3 is 2. The first-order valence-corrected chi connectivity index (χ1v) is 5.83. The van der Waals surface area contributed by atoms with Crippen molar-refractivity contribution in [1.82, 2.24) is 9.80 Å². The Hall–Kier alpha value is -1.83. The highest BCUT2D eigenvalue weighted by Gasteiger charge is 2.26. The molecule has 1 rings (SSSR count). The van der Waals surface area contributed by atoms with Gasteiger partial charge in [-0.2, -0.15) is 0 Å². The smallest absolute Gasteiger partial charge is 0.325 e. The molecule has 0 aromatic heterocycles. The summed E-state index contributed by atoms with van der Waals surface area (Å²) in [5.74, 6) is -1.18. The second-order valence-corrected chi connectivity index (χ2v) is 3.89. The molecule has 1 aliphatic rings. The Labute approximate surface area is 111 Å². The largest absolute Gasteiger partial charge is 0.468 e. The van der Waals surface area contributed by atoms with Crippen molar-refractivity contribution >= 4 is 18.0 Å². The highest BCUT2D eigenvalue weighted by atomic mass is 16.5. The van der Waals surface area contributed by atoms with Crippen LogP contribution < -0.4 is 0 Å². The van der Waals surface area contributed by atoms with Gasteiger partial charge in [0, 0.05) is 13.1 Å². The predicted molar refractivity (Wildman–Crippen MR) is 63.4 cm³/mol. The normalized spacial score (nSPS) is 14.7. The van der Waals surface area contributed by atoms with E-state index in [2.05, 4.69) is 9.47 Å². The van der Waals surface area contributed by atoms with Crippen LogP contribution in [0.5, 0.6) is 0 Å². The zero-order valence-electron chi connectivity index (χ0n) is 11.1. The first-order valence-electron chi connectivity index (χ1n) is 5.83. The lowest BCUT2D eigenvalue weighted by molar-refractivity contribution is -0.144. The number of hydrogen-bond acceptors (Lipinski definition) is 6. The summed E-state index contributed by atoms with van der Waals surface area (Å²) < 4.78 is 14.1. The van der Waals surface area contributed by atoms with Crippen LogP contribution >= 0.6 is 0 Å². The average molecular weight is 274 g/mol. The van der Waals surface area contributed by atoms with Gasteiger partial charge in [-0.25, -0.2) is 4.79 Å². The summed E-state index contributed by atoms with van der Waals surface area (Å²) in [6, 6.07) is -0.404. The molecule has 19 heavy (non-hydrogen) atoms. The summed E-state index contributed by atoms with van der Waals surface area (Å²) in [6.07, 6.45) is 0. The van der Waals surface area contributed by atoms with Crippen LogP contribution in [0.2, 0.25) is 0 Å². The molecule has 0 bridgehead atoms. The van der Waals surface area contributed by atoms with Crippen molar-refractivity contribution < 1.29 is 28.6 Å². The van der Waals surface area contributed by atoms with Gasteiger partial charge >= 0.3 is 18.0 Å². The summed E-state index contributed by atoms with van der Waals surface area (Å²) in [4.78, 5) is 37.3. The first kappa shape index (κ1) is 15.2. The minimum Gasteiger partial charge on any atom is -0.468 e. The van der Waals surface area contributed by atoms with Crippen molar-refractivity contribution in [3.05, 3.63) is 0 Å². The van der Waals surface area contributed by atoms with Crippen LogP contribution in [0, 0.1) is 0 Å². The van der Waals surface area contributed by atoms with E-state index in [9.17, 15) is 14.4 Å². The molecular weight excluding hydrogens is 256 g/mol. The maximum absolute atomic E-state index is 12.2. The van der Waals surface area contributed by atoms with Crippen molar-refractivity contribution in [3.63, 3.8) is 0 Å². The van der Waals surface area contributed by atoms with E-state index < -0.39 is 18.0 Å². The fraction of sp³-hybridized carbons (Fsp3) is 0.727. The molecule has 0 radical (unpaired) electrons. The summed E-state index contributed by atoms with van der Waals surface area (Å²) in [5.41, 5.74) is 0. The van der Waals surface area contributed by atoms with Gasteiger partial charge in [-0.1, -0.05) is 0 Å². The number of nitrogens with zero attached hydrogens (tertiary/aromatic N) is 2. The molecule has 8 heteroatoms. The van der Waals surface area contributed by atoms with Crippen molar-refractivity contribution in [2.75, 3.05) is 53.6 Å². The number of carbonyl (C=O) groups excluding carboxylic acids is 3. The van der Waals surface area contributed by atoms with Crippen LogP contribution in [0.15, 0.2) is 0 Å². The third-order valence-electron chi connectivity index (χ3n) is 2.65. The topological polar surface area (TPSA) is 85.4 Å². The van der Waals surface area contributed by atoms with Gasteiger partial charge in [-0.15, -0.1) is 0 Å². The number of ether oxygens (including phenoxy) is 3. The van der Waals surface area contributed by atoms with Crippen molar-refractivity contribution in [3.8, 4) is 0 Å². The van der Waals surface area contributed by atoms with E-state index >= 15 is 0 Å². The maximum atomic E-state index is 12.2. The van der Waals surface area contributed by atoms with E-state index in [0.29, 0.717) is 26.3 Å². The van der Waals surface area contributed by atoms with E-state index in [1.54, 1.807) is 0 Å². The Morgan fingerprint density at radius 1 is 1.05 bits per heavy atom. The zero-order chi connectivity index (χ0) is 14.3. The molecule has 0 spiro atoms. The highest BCUT2D eigenvalue weighted by molar-refractivity contribution is 5.85. The Morgan fingerprint density at radius 2 is 1.53 bits per heavy atom. The maximum Gasteiger partial charge on any atom is 0.325 e. The molecule has 0 atom stereocenters. The summed E-state index contributed by atoms with van der Waals surface area (Å²) >= 11 is 0. The number of urea groups is 1. The molecule has 1 heterocycles. The third-order valence-corrected chi connectivity index (χ3v) is 2.65. The van der Waals surface area contributed by atoms with Gasteiger partial charge in [0.25, 0.3) is 0 Å². The van der Waals surface area contributed by atoms with Gasteiger partial charge in [0.1, 0.15) is 13.1 Å². The number of morpholine rings is 1. The van der Waals surface area contributed by atoms with Gasteiger partial charge in [0.2, 0.25) is 0 Å². The molecule has 108 valence electrons. The molecule has 1 aliphatic heterocycles. The number of esters is 2. The van der Waals surface area contributed by atoms with Gasteiger partial charge in [-0.05, 0) is 0 Å². The van der Waals surface area contributed by atoms with Crippen LogP contribution in [-0.4, -0.2) is 81.4 Å². The second-order valence-electron chi connectivity index (χ2n) is 3.89. The van der Waals surface area contributed by atoms with Gasteiger partial charge < -0.3 is 24.0 Å². The Bertz CT molecular complexity index is 322. The van der Waals surface area contributed by atoms with E-state index in [4.69, 9.17) is 4.74 Å². The molecule has 0 unspecified atom stereocenters. The van der Waals surface area contributed by atoms with Crippen LogP contribution in [0.1, 0.15) is 0 Å². The third kappa shape index (κ3) is 4.74. The molecule has 1 saturated heterocycles. The fourth-order valence-electron chi connectivity index (χ4n) is 1.59. The van der Waals surface area contributed by atoms with Crippen LogP contribution in [0.3, 0.4) is 0 Å². The molecule has 0 aliphatic carbocycles. The predicted octanol–water partition coefficient (Wildman–Crippen LogP) is -0.913. The fourth-order valence-corrected chi connectivity index (χ4v) is 1.59. The Morgan fingerprint density at radius 3 is 1.95 bits per heavy atom. The number of carbonyl (C=O) groups is 3. The monoisotopic (exact) mass is 274 g/mol. The number of rotatable bonds is 4. The number of amides is 2. The van der Waals surface area contributed by atoms with E-state index in [-0.39, 0.29) is 13.1 Å². The molecule has 0 aromatic rings. The lowest BCUT2D eigenvalue weighted by Crippen LogP contribution is -2.51. The second kappa shape index (κ2) is 7.57. The Kier molecular flexibility index (Phi) is 6.07. The van der Waals surface area contributed by atoms with E-state index in [0.717, 1.165) is 4.90 Å². The summed E-state index contributed by atoms with van der Waals surface area (Å²) in [5, 5.41) is 0. The van der Waals surface area contributed by atoms with Gasteiger partial charge in [0.15, 0.2) is 0 Å². The molecule has 1 fully saturated rings. The quantitative estimate of drug-likeness (QED) is 0.617. The van der Waals surface area contributed by atoms with E-state index in [1.807, 2.05) is 0 Å². The zero-order valence-corrected chi connectivity index (χ0v) is 11.1. The van der Waals surface area contributed by atoms with E-state index in [1.165, 1.54) is 19.1 Å². The lowest BCUT2D eigenvalue weighted by atomic mass is 10.4. The minimum absolute atomic E-state index is 0.290. The van der Waals surface area contributed by atoms with Crippen LogP contribution in [-0.2, 0) is 23.8 Å². The lowest BCUT2D eigenvalue weighted by Gasteiger charge is -2.31. The summed E-state index contributed by atoms with van der Waals surface area (Å²) in [7, 11) is 2.44.